The van der Waals surface area contributed by atoms with E-state index in [4.69, 9.17) is 9.97 Å². The fourth-order valence-corrected chi connectivity index (χ4v) is 4.30. The zero-order chi connectivity index (χ0) is 20.4. The molecule has 6 nitrogen and oxygen atoms in total. The van der Waals surface area contributed by atoms with E-state index >= 15 is 0 Å². The van der Waals surface area contributed by atoms with Gasteiger partial charge in [0.15, 0.2) is 5.82 Å². The molecule has 1 atom stereocenters. The molecule has 3 heterocycles. The molecule has 1 N–H and O–H groups in total. The molecule has 1 saturated heterocycles. The summed E-state index contributed by atoms with van der Waals surface area (Å²) in [6.07, 6.45) is 4.08. The smallest absolute Gasteiger partial charge is 0.227 e. The molecule has 0 saturated carbocycles. The molecule has 1 aromatic heterocycles. The number of halogens is 1. The second-order valence-electron chi connectivity index (χ2n) is 8.00. The van der Waals surface area contributed by atoms with E-state index in [-0.39, 0.29) is 24.2 Å². The van der Waals surface area contributed by atoms with Gasteiger partial charge in [0, 0.05) is 38.7 Å². The Kier molecular flexibility index (Phi) is 5.76. The van der Waals surface area contributed by atoms with Crippen LogP contribution < -0.4 is 5.32 Å². The van der Waals surface area contributed by atoms with Crippen LogP contribution in [0.25, 0.3) is 0 Å². The number of carbonyl (C=O) groups is 1. The Balaban J connectivity index is 1.60. The van der Waals surface area contributed by atoms with Gasteiger partial charge in [-0.25, -0.2) is 14.4 Å². The zero-order valence-electron chi connectivity index (χ0n) is 17.1. The summed E-state index contributed by atoms with van der Waals surface area (Å²) in [7, 11) is 3.99. The highest BCUT2D eigenvalue weighted by molar-refractivity contribution is 5.79. The van der Waals surface area contributed by atoms with Gasteiger partial charge >= 0.3 is 0 Å². The number of hydrogen-bond donors (Lipinski definition) is 1. The summed E-state index contributed by atoms with van der Waals surface area (Å²) in [5.74, 6) is 1.37. The minimum atomic E-state index is -0.287. The van der Waals surface area contributed by atoms with Gasteiger partial charge in [0.05, 0.1) is 18.2 Å². The molecule has 1 fully saturated rings. The highest BCUT2D eigenvalue weighted by Crippen LogP contribution is 2.32. The van der Waals surface area contributed by atoms with Crippen LogP contribution in [0.15, 0.2) is 24.3 Å². The number of nitrogens with one attached hydrogen (secondary N) is 1. The molecule has 4 rings (SSSR count). The number of piperidine rings is 1. The van der Waals surface area contributed by atoms with Crippen molar-refractivity contribution in [2.45, 2.75) is 44.7 Å². The van der Waals surface area contributed by atoms with Gasteiger partial charge in [-0.2, -0.15) is 0 Å². The van der Waals surface area contributed by atoms with Crippen molar-refractivity contribution < 1.29 is 9.18 Å². The quantitative estimate of drug-likeness (QED) is 0.860. The normalized spacial score (nSPS) is 19.7. The first-order chi connectivity index (χ1) is 14.0. The molecule has 2 aromatic rings. The van der Waals surface area contributed by atoms with Crippen molar-refractivity contribution in [2.24, 2.45) is 0 Å². The first kappa shape index (κ1) is 19.8. The summed E-state index contributed by atoms with van der Waals surface area (Å²) in [5, 5.41) is 3.23. The summed E-state index contributed by atoms with van der Waals surface area (Å²) < 4.78 is 13.2. The first-order valence-electron chi connectivity index (χ1n) is 10.3. The molecule has 29 heavy (non-hydrogen) atoms. The van der Waals surface area contributed by atoms with E-state index in [1.807, 2.05) is 11.9 Å². The summed E-state index contributed by atoms with van der Waals surface area (Å²) in [5.41, 5.74) is 3.07. The average Bonchev–Trinajstić information content (AvgIpc) is 2.74. The van der Waals surface area contributed by atoms with Crippen LogP contribution in [-0.2, 0) is 24.2 Å². The van der Waals surface area contributed by atoms with Crippen molar-refractivity contribution in [3.8, 4) is 0 Å². The summed E-state index contributed by atoms with van der Waals surface area (Å²) >= 11 is 0. The van der Waals surface area contributed by atoms with E-state index in [1.165, 1.54) is 12.1 Å². The van der Waals surface area contributed by atoms with Gasteiger partial charge in [0.25, 0.3) is 0 Å². The van der Waals surface area contributed by atoms with Crippen LogP contribution in [-0.4, -0.2) is 52.9 Å². The molecule has 0 unspecified atom stereocenters. The predicted octanol–water partition coefficient (Wildman–Crippen LogP) is 2.94. The number of hydrogen-bond acceptors (Lipinski definition) is 5. The zero-order valence-corrected chi connectivity index (χ0v) is 17.1. The molecule has 2 aliphatic heterocycles. The van der Waals surface area contributed by atoms with E-state index in [2.05, 4.69) is 17.3 Å². The van der Waals surface area contributed by atoms with E-state index in [1.54, 1.807) is 12.1 Å². The molecular formula is C22H28FN5O. The number of rotatable bonds is 4. The number of benzene rings is 1. The first-order valence-corrected chi connectivity index (χ1v) is 10.3. The maximum atomic E-state index is 13.2. The molecule has 0 spiro atoms. The van der Waals surface area contributed by atoms with E-state index in [9.17, 15) is 9.18 Å². The molecule has 2 aliphatic rings. The molecule has 7 heteroatoms. The SMILES string of the molecule is CNc1nc([C@H]2CCCCN2C(=O)Cc2ccc(F)cc2)nc2c1CN(C)CC2. The van der Waals surface area contributed by atoms with Gasteiger partial charge in [-0.05, 0) is 44.0 Å². The Labute approximate surface area is 171 Å². The Bertz CT molecular complexity index is 868. The lowest BCUT2D eigenvalue weighted by atomic mass is 9.99. The summed E-state index contributed by atoms with van der Waals surface area (Å²) in [6, 6.07) is 6.06. The lowest BCUT2D eigenvalue weighted by Gasteiger charge is -2.36. The van der Waals surface area contributed by atoms with Crippen LogP contribution in [0.5, 0.6) is 0 Å². The summed E-state index contributed by atoms with van der Waals surface area (Å²) in [4.78, 5) is 27.0. The maximum Gasteiger partial charge on any atom is 0.227 e. The highest BCUT2D eigenvalue weighted by atomic mass is 19.1. The van der Waals surface area contributed by atoms with Crippen molar-refractivity contribution in [3.05, 3.63) is 52.7 Å². The number of fused-ring (bicyclic) bond motifs is 1. The van der Waals surface area contributed by atoms with Crippen LogP contribution in [0.3, 0.4) is 0 Å². The van der Waals surface area contributed by atoms with Crippen LogP contribution in [0, 0.1) is 5.82 Å². The third-order valence-electron chi connectivity index (χ3n) is 5.90. The second kappa shape index (κ2) is 8.45. The molecule has 154 valence electrons. The maximum absolute atomic E-state index is 13.2. The molecule has 0 aliphatic carbocycles. The average molecular weight is 397 g/mol. The predicted molar refractivity (Wildman–Crippen MR) is 110 cm³/mol. The minimum absolute atomic E-state index is 0.0494. The van der Waals surface area contributed by atoms with Crippen LogP contribution in [0.2, 0.25) is 0 Å². The van der Waals surface area contributed by atoms with E-state index in [0.717, 1.165) is 67.2 Å². The van der Waals surface area contributed by atoms with Crippen molar-refractivity contribution in [1.82, 2.24) is 19.8 Å². The number of anilines is 1. The lowest BCUT2D eigenvalue weighted by Crippen LogP contribution is -2.40. The van der Waals surface area contributed by atoms with Gasteiger partial charge in [-0.1, -0.05) is 12.1 Å². The van der Waals surface area contributed by atoms with Gasteiger partial charge < -0.3 is 15.1 Å². The number of amides is 1. The summed E-state index contributed by atoms with van der Waals surface area (Å²) in [6.45, 7) is 2.52. The fraction of sp³-hybridized carbons (Fsp3) is 0.500. The number of aromatic nitrogens is 2. The monoisotopic (exact) mass is 397 g/mol. The highest BCUT2D eigenvalue weighted by Gasteiger charge is 2.31. The Morgan fingerprint density at radius 3 is 2.76 bits per heavy atom. The van der Waals surface area contributed by atoms with Crippen LogP contribution in [0.4, 0.5) is 10.2 Å². The van der Waals surface area contributed by atoms with Gasteiger partial charge in [-0.15, -0.1) is 0 Å². The van der Waals surface area contributed by atoms with Crippen LogP contribution in [0.1, 0.15) is 47.9 Å². The number of likely N-dealkylation sites (tertiary alicyclic amines) is 1. The molecule has 1 aromatic carbocycles. The van der Waals surface area contributed by atoms with Gasteiger partial charge in [-0.3, -0.25) is 4.79 Å². The second-order valence-corrected chi connectivity index (χ2v) is 8.00. The third-order valence-corrected chi connectivity index (χ3v) is 5.90. The van der Waals surface area contributed by atoms with Gasteiger partial charge in [0.1, 0.15) is 11.6 Å². The molecule has 1 amide bonds. The topological polar surface area (TPSA) is 61.4 Å². The number of likely N-dealkylation sites (N-methyl/N-ethyl adjacent to an activating group) is 1. The Hall–Kier alpha value is -2.54. The minimum Gasteiger partial charge on any atom is -0.373 e. The van der Waals surface area contributed by atoms with E-state index in [0.29, 0.717) is 6.54 Å². The number of nitrogens with zero attached hydrogens (tertiary/aromatic N) is 4. The third kappa shape index (κ3) is 4.24. The largest absolute Gasteiger partial charge is 0.373 e. The fourth-order valence-electron chi connectivity index (χ4n) is 4.30. The molecular weight excluding hydrogens is 369 g/mol. The Morgan fingerprint density at radius 1 is 1.21 bits per heavy atom. The van der Waals surface area contributed by atoms with Crippen molar-refractivity contribution in [2.75, 3.05) is 32.5 Å². The van der Waals surface area contributed by atoms with Crippen molar-refractivity contribution >= 4 is 11.7 Å². The number of carbonyl (C=O) groups excluding carboxylic acids is 1. The molecule has 0 radical (unpaired) electrons. The molecule has 0 bridgehead atoms. The van der Waals surface area contributed by atoms with E-state index < -0.39 is 0 Å². The van der Waals surface area contributed by atoms with Crippen molar-refractivity contribution in [3.63, 3.8) is 0 Å². The van der Waals surface area contributed by atoms with Crippen LogP contribution >= 0.6 is 0 Å². The lowest BCUT2D eigenvalue weighted by molar-refractivity contribution is -0.134. The Morgan fingerprint density at radius 2 is 2.00 bits per heavy atom. The van der Waals surface area contributed by atoms with Crippen molar-refractivity contribution in [1.29, 1.82) is 0 Å². The van der Waals surface area contributed by atoms with Gasteiger partial charge in [0.2, 0.25) is 5.91 Å². The standard InChI is InChI=1S/C22H28FN5O/c1-24-21-17-14-27(2)12-10-18(17)25-22(26-21)19-5-3-4-11-28(19)20(29)13-15-6-8-16(23)9-7-15/h6-9,19H,3-5,10-14H2,1-2H3,(H,24,25,26)/t19-/m1/s1.